The first-order valence-corrected chi connectivity index (χ1v) is 16.3. The first-order valence-electron chi connectivity index (χ1n) is 14.7. The lowest BCUT2D eigenvalue weighted by molar-refractivity contribution is -0.140. The molecule has 0 saturated carbocycles. The Morgan fingerprint density at radius 1 is 0.907 bits per heavy atom. The summed E-state index contributed by atoms with van der Waals surface area (Å²) < 4.78 is 39.2. The fourth-order valence-corrected chi connectivity index (χ4v) is 5.96. The van der Waals surface area contributed by atoms with E-state index in [4.69, 9.17) is 9.47 Å². The molecule has 1 aliphatic heterocycles. The molecule has 0 saturated heterocycles. The summed E-state index contributed by atoms with van der Waals surface area (Å²) in [5, 5.41) is 3.05. The second kappa shape index (κ2) is 14.4. The number of amides is 2. The van der Waals surface area contributed by atoms with Crippen LogP contribution >= 0.6 is 0 Å². The van der Waals surface area contributed by atoms with Crippen LogP contribution in [-0.2, 0) is 32.6 Å². The molecular formula is C33H41N3O6S. The summed E-state index contributed by atoms with van der Waals surface area (Å²) in [6, 6.07) is 21.1. The fraction of sp³-hybridized carbons (Fsp3) is 0.394. The number of hydrogen-bond donors (Lipinski definition) is 1. The van der Waals surface area contributed by atoms with Gasteiger partial charge in [-0.25, -0.2) is 8.42 Å². The molecule has 0 spiro atoms. The van der Waals surface area contributed by atoms with Crippen LogP contribution < -0.4 is 19.1 Å². The minimum atomic E-state index is -3.89. The highest BCUT2D eigenvalue weighted by molar-refractivity contribution is 7.92. The summed E-state index contributed by atoms with van der Waals surface area (Å²) in [6.45, 7) is 7.78. The van der Waals surface area contributed by atoms with Crippen molar-refractivity contribution in [3.8, 4) is 11.5 Å². The van der Waals surface area contributed by atoms with E-state index < -0.39 is 28.5 Å². The van der Waals surface area contributed by atoms with Crippen LogP contribution in [0.2, 0.25) is 0 Å². The molecule has 9 nitrogen and oxygen atoms in total. The third-order valence-electron chi connectivity index (χ3n) is 7.50. The lowest BCUT2D eigenvalue weighted by Gasteiger charge is -2.34. The number of sulfonamides is 1. The second-order valence-electron chi connectivity index (χ2n) is 10.8. The number of carbonyl (C=O) groups is 2. The first kappa shape index (κ1) is 31.9. The topological polar surface area (TPSA) is 105 Å². The maximum Gasteiger partial charge on any atom is 0.244 e. The van der Waals surface area contributed by atoms with E-state index in [1.54, 1.807) is 18.2 Å². The Hall–Kier alpha value is -4.05. The number of ether oxygens (including phenoxy) is 2. The first-order chi connectivity index (χ1) is 20.6. The smallest absolute Gasteiger partial charge is 0.244 e. The lowest BCUT2D eigenvalue weighted by Crippen LogP contribution is -2.54. The Kier molecular flexibility index (Phi) is 10.7. The molecule has 1 aliphatic rings. The molecule has 0 aliphatic carbocycles. The summed E-state index contributed by atoms with van der Waals surface area (Å²) in [6.07, 6.45) is 0.994. The van der Waals surface area contributed by atoms with Gasteiger partial charge in [0.15, 0.2) is 11.5 Å². The molecule has 3 aromatic carbocycles. The van der Waals surface area contributed by atoms with E-state index in [2.05, 4.69) is 5.32 Å². The Morgan fingerprint density at radius 2 is 1.60 bits per heavy atom. The largest absolute Gasteiger partial charge is 0.486 e. The van der Waals surface area contributed by atoms with E-state index in [-0.39, 0.29) is 30.7 Å². The van der Waals surface area contributed by atoms with E-state index >= 15 is 0 Å². The molecule has 0 aromatic heterocycles. The number of anilines is 1. The highest BCUT2D eigenvalue weighted by Gasteiger charge is 2.34. The number of benzene rings is 3. The molecule has 0 unspecified atom stereocenters. The maximum atomic E-state index is 14.3. The number of nitrogens with one attached hydrogen (secondary N) is 1. The van der Waals surface area contributed by atoms with Gasteiger partial charge in [-0.3, -0.25) is 13.9 Å². The van der Waals surface area contributed by atoms with Crippen molar-refractivity contribution < 1.29 is 27.5 Å². The van der Waals surface area contributed by atoms with Gasteiger partial charge in [-0.05, 0) is 50.5 Å². The molecule has 2 atom stereocenters. The maximum absolute atomic E-state index is 14.3. The van der Waals surface area contributed by atoms with Crippen LogP contribution in [-0.4, -0.2) is 62.7 Å². The Bertz CT molecular complexity index is 1510. The molecule has 1 heterocycles. The van der Waals surface area contributed by atoms with E-state index in [9.17, 15) is 18.0 Å². The van der Waals surface area contributed by atoms with Gasteiger partial charge in [-0.15, -0.1) is 0 Å². The molecule has 4 rings (SSSR count). The molecule has 230 valence electrons. The van der Waals surface area contributed by atoms with Crippen molar-refractivity contribution in [1.82, 2.24) is 10.2 Å². The van der Waals surface area contributed by atoms with Gasteiger partial charge in [0.1, 0.15) is 25.8 Å². The molecule has 3 aromatic rings. The zero-order valence-electron chi connectivity index (χ0n) is 25.3. The lowest BCUT2D eigenvalue weighted by atomic mass is 10.0. The van der Waals surface area contributed by atoms with Crippen LogP contribution in [0.1, 0.15) is 43.9 Å². The summed E-state index contributed by atoms with van der Waals surface area (Å²) in [5.41, 5.74) is 3.03. The zero-order chi connectivity index (χ0) is 31.0. The van der Waals surface area contributed by atoms with Gasteiger partial charge in [0, 0.05) is 25.1 Å². The number of nitrogens with zero attached hydrogens (tertiary/aromatic N) is 2. The Balaban J connectivity index is 1.75. The van der Waals surface area contributed by atoms with Gasteiger partial charge in [0.25, 0.3) is 0 Å². The average molecular weight is 608 g/mol. The number of carbonyl (C=O) groups excluding carboxylic acids is 2. The predicted octanol–water partition coefficient (Wildman–Crippen LogP) is 4.48. The van der Waals surface area contributed by atoms with Crippen molar-refractivity contribution >= 4 is 27.5 Å². The highest BCUT2D eigenvalue weighted by Crippen LogP contribution is 2.35. The number of fused-ring (bicyclic) bond motifs is 1. The third kappa shape index (κ3) is 8.28. The van der Waals surface area contributed by atoms with Gasteiger partial charge < -0.3 is 19.7 Å². The van der Waals surface area contributed by atoms with Crippen molar-refractivity contribution in [2.24, 2.45) is 0 Å². The molecule has 0 bridgehead atoms. The molecule has 10 heteroatoms. The molecular weight excluding hydrogens is 566 g/mol. The van der Waals surface area contributed by atoms with Crippen LogP contribution in [0.3, 0.4) is 0 Å². The predicted molar refractivity (Wildman–Crippen MR) is 168 cm³/mol. The van der Waals surface area contributed by atoms with Crippen LogP contribution in [0.5, 0.6) is 11.5 Å². The van der Waals surface area contributed by atoms with Gasteiger partial charge >= 0.3 is 0 Å². The number of hydrogen-bond acceptors (Lipinski definition) is 6. The van der Waals surface area contributed by atoms with Crippen LogP contribution in [0, 0.1) is 6.92 Å². The quantitative estimate of drug-likeness (QED) is 0.307. The standard InChI is InChI=1S/C33H41N3O6S/c1-5-25(4)34-33(38)29(20-26-12-8-7-9-13-26)35(22-27-14-10-11-24(3)19-27)32(37)23-36(43(39,40)6-2)28-15-16-30-31(21-28)42-18-17-41-30/h7-16,19,21,25,29H,5-6,17-18,20,22-23H2,1-4H3,(H,34,38)/t25-,29-/m0/s1. The fourth-order valence-electron chi connectivity index (χ4n) is 4.91. The zero-order valence-corrected chi connectivity index (χ0v) is 26.1. The number of aryl methyl sites for hydroxylation is 1. The van der Waals surface area contributed by atoms with Crippen molar-refractivity contribution in [3.05, 3.63) is 89.5 Å². The van der Waals surface area contributed by atoms with Gasteiger partial charge in [-0.2, -0.15) is 0 Å². The Morgan fingerprint density at radius 3 is 2.28 bits per heavy atom. The summed E-state index contributed by atoms with van der Waals surface area (Å²) in [7, 11) is -3.89. The SMILES string of the molecule is CC[C@H](C)NC(=O)[C@H](Cc1ccccc1)N(Cc1cccc(C)c1)C(=O)CN(c1ccc2c(c1)OCCO2)S(=O)(=O)CC. The van der Waals surface area contributed by atoms with Crippen molar-refractivity contribution in [1.29, 1.82) is 0 Å². The Labute approximate surface area is 254 Å². The summed E-state index contributed by atoms with van der Waals surface area (Å²) >= 11 is 0. The van der Waals surface area contributed by atoms with Crippen LogP contribution in [0.25, 0.3) is 0 Å². The van der Waals surface area contributed by atoms with E-state index in [1.807, 2.05) is 75.4 Å². The third-order valence-corrected chi connectivity index (χ3v) is 9.24. The van der Waals surface area contributed by atoms with E-state index in [0.717, 1.165) is 27.4 Å². The molecule has 43 heavy (non-hydrogen) atoms. The molecule has 1 N–H and O–H groups in total. The van der Waals surface area contributed by atoms with Crippen LogP contribution in [0.4, 0.5) is 5.69 Å². The minimum absolute atomic E-state index is 0.101. The van der Waals surface area contributed by atoms with Gasteiger partial charge in [0.05, 0.1) is 11.4 Å². The summed E-state index contributed by atoms with van der Waals surface area (Å²) in [5.74, 6) is -0.0638. The van der Waals surface area contributed by atoms with E-state index in [1.165, 1.54) is 11.8 Å². The molecule has 2 amide bonds. The van der Waals surface area contributed by atoms with Crippen molar-refractivity contribution in [2.75, 3.05) is 29.8 Å². The average Bonchev–Trinajstić information content (AvgIpc) is 3.01. The molecule has 0 fully saturated rings. The monoisotopic (exact) mass is 607 g/mol. The van der Waals surface area contributed by atoms with Crippen molar-refractivity contribution in [3.63, 3.8) is 0 Å². The normalized spacial score (nSPS) is 14.0. The number of rotatable bonds is 13. The second-order valence-corrected chi connectivity index (χ2v) is 13.0. The van der Waals surface area contributed by atoms with Crippen LogP contribution in [0.15, 0.2) is 72.8 Å². The minimum Gasteiger partial charge on any atom is -0.486 e. The van der Waals surface area contributed by atoms with Gasteiger partial charge in [-0.1, -0.05) is 67.1 Å². The van der Waals surface area contributed by atoms with Crippen molar-refractivity contribution in [2.45, 2.75) is 59.2 Å². The van der Waals surface area contributed by atoms with Gasteiger partial charge in [0.2, 0.25) is 21.8 Å². The highest BCUT2D eigenvalue weighted by atomic mass is 32.2. The summed E-state index contributed by atoms with van der Waals surface area (Å²) in [4.78, 5) is 29.7. The molecule has 0 radical (unpaired) electrons. The van der Waals surface area contributed by atoms with E-state index in [0.29, 0.717) is 30.4 Å².